The SMILES string of the molecule is Cc1ccc2nc(CSCC(=O)Nc3c(Cl)cccc3Cl)cc(=O)n2c1. The molecule has 2 heterocycles. The number of para-hydroxylation sites is 1. The van der Waals surface area contributed by atoms with Crippen LogP contribution in [0.3, 0.4) is 0 Å². The Morgan fingerprint density at radius 1 is 1.23 bits per heavy atom. The zero-order valence-corrected chi connectivity index (χ0v) is 16.2. The Bertz CT molecular complexity index is 1020. The first kappa shape index (κ1) is 18.8. The van der Waals surface area contributed by atoms with Crippen molar-refractivity contribution in [1.82, 2.24) is 9.38 Å². The van der Waals surface area contributed by atoms with Crippen LogP contribution in [0, 0.1) is 6.92 Å². The van der Waals surface area contributed by atoms with E-state index in [1.165, 1.54) is 22.2 Å². The molecule has 5 nitrogen and oxygen atoms in total. The van der Waals surface area contributed by atoms with Crippen LogP contribution in [-0.2, 0) is 10.5 Å². The number of thioether (sulfide) groups is 1. The minimum absolute atomic E-state index is 0.137. The largest absolute Gasteiger partial charge is 0.323 e. The monoisotopic (exact) mass is 407 g/mol. The summed E-state index contributed by atoms with van der Waals surface area (Å²) >= 11 is 13.4. The number of nitrogens with one attached hydrogen (secondary N) is 1. The van der Waals surface area contributed by atoms with Crippen LogP contribution in [0.4, 0.5) is 5.69 Å². The first-order chi connectivity index (χ1) is 12.4. The molecule has 0 bridgehead atoms. The standard InChI is InChI=1S/C18H15Cl2N3O2S/c1-11-5-6-15-21-12(7-17(25)23(15)8-11)9-26-10-16(24)22-18-13(19)3-2-4-14(18)20/h2-8H,9-10H2,1H3,(H,22,24). The number of amides is 1. The number of nitrogens with zero attached hydrogens (tertiary/aromatic N) is 2. The van der Waals surface area contributed by atoms with Crippen molar-refractivity contribution in [2.45, 2.75) is 12.7 Å². The van der Waals surface area contributed by atoms with Gasteiger partial charge in [0.2, 0.25) is 5.91 Å². The lowest BCUT2D eigenvalue weighted by Crippen LogP contribution is -2.16. The van der Waals surface area contributed by atoms with Crippen molar-refractivity contribution >= 4 is 52.2 Å². The molecule has 0 saturated heterocycles. The molecule has 0 radical (unpaired) electrons. The number of carbonyl (C=O) groups excluding carboxylic acids is 1. The molecule has 0 aliphatic heterocycles. The van der Waals surface area contributed by atoms with Gasteiger partial charge in [0.1, 0.15) is 5.65 Å². The fourth-order valence-electron chi connectivity index (χ4n) is 2.37. The van der Waals surface area contributed by atoms with Crippen molar-refractivity contribution in [2.75, 3.05) is 11.1 Å². The van der Waals surface area contributed by atoms with Crippen LogP contribution in [0.2, 0.25) is 10.0 Å². The second-order valence-corrected chi connectivity index (χ2v) is 7.46. The molecule has 26 heavy (non-hydrogen) atoms. The zero-order valence-electron chi connectivity index (χ0n) is 13.8. The van der Waals surface area contributed by atoms with Gasteiger partial charge < -0.3 is 5.32 Å². The summed E-state index contributed by atoms with van der Waals surface area (Å²) in [4.78, 5) is 28.7. The van der Waals surface area contributed by atoms with E-state index >= 15 is 0 Å². The van der Waals surface area contributed by atoms with Gasteiger partial charge in [0, 0.05) is 18.0 Å². The highest BCUT2D eigenvalue weighted by molar-refractivity contribution is 7.99. The molecular weight excluding hydrogens is 393 g/mol. The van der Waals surface area contributed by atoms with Crippen molar-refractivity contribution in [3.63, 3.8) is 0 Å². The number of aromatic nitrogens is 2. The molecule has 134 valence electrons. The predicted molar refractivity (Wildman–Crippen MR) is 107 cm³/mol. The van der Waals surface area contributed by atoms with Crippen LogP contribution in [0.5, 0.6) is 0 Å². The maximum Gasteiger partial charge on any atom is 0.258 e. The van der Waals surface area contributed by atoms with E-state index in [9.17, 15) is 9.59 Å². The molecule has 0 fully saturated rings. The van der Waals surface area contributed by atoms with Gasteiger partial charge in [-0.05, 0) is 30.7 Å². The quantitative estimate of drug-likeness (QED) is 0.688. The number of halogens is 2. The summed E-state index contributed by atoms with van der Waals surface area (Å²) in [5, 5.41) is 3.47. The summed E-state index contributed by atoms with van der Waals surface area (Å²) in [6.45, 7) is 1.92. The summed E-state index contributed by atoms with van der Waals surface area (Å²) < 4.78 is 1.51. The van der Waals surface area contributed by atoms with Crippen molar-refractivity contribution in [3.8, 4) is 0 Å². The van der Waals surface area contributed by atoms with Crippen molar-refractivity contribution in [1.29, 1.82) is 0 Å². The molecule has 1 amide bonds. The summed E-state index contributed by atoms with van der Waals surface area (Å²) in [6, 6.07) is 10.2. The number of benzene rings is 1. The van der Waals surface area contributed by atoms with E-state index in [4.69, 9.17) is 23.2 Å². The third-order valence-corrected chi connectivity index (χ3v) is 5.17. The van der Waals surface area contributed by atoms with E-state index in [1.807, 2.05) is 13.0 Å². The van der Waals surface area contributed by atoms with Crippen LogP contribution in [-0.4, -0.2) is 21.0 Å². The Morgan fingerprint density at radius 2 is 1.96 bits per heavy atom. The topological polar surface area (TPSA) is 63.5 Å². The van der Waals surface area contributed by atoms with Gasteiger partial charge in [0.05, 0.1) is 27.2 Å². The number of fused-ring (bicyclic) bond motifs is 1. The van der Waals surface area contributed by atoms with Gasteiger partial charge in [0.25, 0.3) is 5.56 Å². The van der Waals surface area contributed by atoms with Crippen LogP contribution >= 0.6 is 35.0 Å². The minimum Gasteiger partial charge on any atom is -0.323 e. The van der Waals surface area contributed by atoms with Gasteiger partial charge in [-0.25, -0.2) is 4.98 Å². The number of anilines is 1. The van der Waals surface area contributed by atoms with Gasteiger partial charge >= 0.3 is 0 Å². The Kier molecular flexibility index (Phi) is 5.86. The fraction of sp³-hybridized carbons (Fsp3) is 0.167. The first-order valence-electron chi connectivity index (χ1n) is 7.74. The van der Waals surface area contributed by atoms with Gasteiger partial charge in [-0.1, -0.05) is 35.3 Å². The van der Waals surface area contributed by atoms with Gasteiger partial charge in [-0.15, -0.1) is 11.8 Å². The lowest BCUT2D eigenvalue weighted by atomic mass is 10.3. The summed E-state index contributed by atoms with van der Waals surface area (Å²) in [6.07, 6.45) is 1.75. The average Bonchev–Trinajstić information content (AvgIpc) is 2.59. The number of pyridine rings is 1. The van der Waals surface area contributed by atoms with Gasteiger partial charge in [0.15, 0.2) is 0 Å². The lowest BCUT2D eigenvalue weighted by Gasteiger charge is -2.09. The van der Waals surface area contributed by atoms with E-state index in [2.05, 4.69) is 10.3 Å². The third kappa shape index (κ3) is 4.38. The van der Waals surface area contributed by atoms with Gasteiger partial charge in [-0.2, -0.15) is 0 Å². The lowest BCUT2D eigenvalue weighted by molar-refractivity contribution is -0.113. The van der Waals surface area contributed by atoms with E-state index in [-0.39, 0.29) is 17.2 Å². The van der Waals surface area contributed by atoms with Gasteiger partial charge in [-0.3, -0.25) is 14.0 Å². The highest BCUT2D eigenvalue weighted by Gasteiger charge is 2.10. The van der Waals surface area contributed by atoms with E-state index in [0.29, 0.717) is 32.8 Å². The average molecular weight is 408 g/mol. The Morgan fingerprint density at radius 3 is 2.69 bits per heavy atom. The van der Waals surface area contributed by atoms with E-state index in [0.717, 1.165) is 5.56 Å². The molecule has 0 aliphatic carbocycles. The summed E-state index contributed by atoms with van der Waals surface area (Å²) in [7, 11) is 0. The highest BCUT2D eigenvalue weighted by Crippen LogP contribution is 2.29. The predicted octanol–water partition coefficient (Wildman–Crippen LogP) is 4.18. The maximum atomic E-state index is 12.2. The Balaban J connectivity index is 1.63. The van der Waals surface area contributed by atoms with Crippen molar-refractivity contribution in [3.05, 3.63) is 74.3 Å². The highest BCUT2D eigenvalue weighted by atomic mass is 35.5. The zero-order chi connectivity index (χ0) is 18.7. The normalized spacial score (nSPS) is 10.9. The van der Waals surface area contributed by atoms with E-state index in [1.54, 1.807) is 30.5 Å². The molecule has 0 spiro atoms. The molecule has 1 N–H and O–H groups in total. The van der Waals surface area contributed by atoms with Crippen molar-refractivity contribution < 1.29 is 4.79 Å². The number of hydrogen-bond acceptors (Lipinski definition) is 4. The Hall–Kier alpha value is -2.02. The first-order valence-corrected chi connectivity index (χ1v) is 9.65. The molecule has 0 atom stereocenters. The van der Waals surface area contributed by atoms with Crippen LogP contribution in [0.1, 0.15) is 11.3 Å². The summed E-state index contributed by atoms with van der Waals surface area (Å²) in [5.41, 5.74) is 2.47. The summed E-state index contributed by atoms with van der Waals surface area (Å²) in [5.74, 6) is 0.415. The molecule has 3 rings (SSSR count). The maximum absolute atomic E-state index is 12.2. The molecule has 3 aromatic rings. The number of hydrogen-bond donors (Lipinski definition) is 1. The van der Waals surface area contributed by atoms with E-state index < -0.39 is 0 Å². The number of rotatable bonds is 5. The molecule has 8 heteroatoms. The smallest absolute Gasteiger partial charge is 0.258 e. The van der Waals surface area contributed by atoms with Crippen molar-refractivity contribution in [2.24, 2.45) is 0 Å². The molecule has 0 unspecified atom stereocenters. The second-order valence-electron chi connectivity index (χ2n) is 5.66. The number of aryl methyl sites for hydroxylation is 1. The van der Waals surface area contributed by atoms with Crippen LogP contribution in [0.15, 0.2) is 47.4 Å². The molecule has 2 aromatic heterocycles. The second kappa shape index (κ2) is 8.12. The molecular formula is C18H15Cl2N3O2S. The number of carbonyl (C=O) groups is 1. The molecule has 0 aliphatic rings. The van der Waals surface area contributed by atoms with Crippen LogP contribution < -0.4 is 10.9 Å². The minimum atomic E-state index is -0.224. The fourth-order valence-corrected chi connectivity index (χ4v) is 3.58. The van der Waals surface area contributed by atoms with Crippen LogP contribution in [0.25, 0.3) is 5.65 Å². The molecule has 0 saturated carbocycles. The Labute approximate surface area is 164 Å². The third-order valence-electron chi connectivity index (χ3n) is 3.57. The molecule has 1 aromatic carbocycles.